The molecule has 0 radical (unpaired) electrons. The molecule has 98 valence electrons. The number of thiophene rings is 1. The van der Waals surface area contributed by atoms with Gasteiger partial charge in [0.15, 0.2) is 0 Å². The van der Waals surface area contributed by atoms with E-state index in [1.807, 2.05) is 11.4 Å². The minimum atomic E-state index is -0.389. The number of hydrogen-bond acceptors (Lipinski definition) is 4. The Kier molecular flexibility index (Phi) is 4.66. The minimum Gasteiger partial charge on any atom is -0.368 e. The maximum Gasteiger partial charge on any atom is 0.240 e. The summed E-state index contributed by atoms with van der Waals surface area (Å²) in [5.74, 6) is 0.905. The van der Waals surface area contributed by atoms with Gasteiger partial charge < -0.3 is 10.6 Å². The van der Waals surface area contributed by atoms with Crippen LogP contribution in [0.15, 0.2) is 17.5 Å². The van der Waals surface area contributed by atoms with E-state index in [2.05, 4.69) is 6.07 Å². The van der Waals surface area contributed by atoms with Crippen molar-refractivity contribution in [3.63, 3.8) is 0 Å². The van der Waals surface area contributed by atoms with E-state index in [0.717, 1.165) is 12.2 Å². The van der Waals surface area contributed by atoms with Crippen molar-refractivity contribution in [1.29, 1.82) is 0 Å². The van der Waals surface area contributed by atoms with Crippen LogP contribution in [0.1, 0.15) is 17.7 Å². The number of amides is 2. The molecule has 1 atom stereocenters. The maximum atomic E-state index is 12.0. The summed E-state index contributed by atoms with van der Waals surface area (Å²) in [5.41, 5.74) is 5.29. The molecule has 1 saturated heterocycles. The molecule has 1 unspecified atom stereocenters. The third-order valence-electron chi connectivity index (χ3n) is 2.95. The number of likely N-dealkylation sites (tertiary alicyclic amines) is 1. The smallest absolute Gasteiger partial charge is 0.240 e. The fraction of sp³-hybridized carbons (Fsp3) is 0.500. The topological polar surface area (TPSA) is 63.4 Å². The third-order valence-corrected chi connectivity index (χ3v) is 4.98. The van der Waals surface area contributed by atoms with Gasteiger partial charge in [-0.25, -0.2) is 0 Å². The molecule has 1 aromatic heterocycles. The van der Waals surface area contributed by atoms with Gasteiger partial charge in [0.2, 0.25) is 11.8 Å². The first-order chi connectivity index (χ1) is 8.68. The lowest BCUT2D eigenvalue weighted by Crippen LogP contribution is -2.44. The molecular weight excluding hydrogens is 268 g/mol. The van der Waals surface area contributed by atoms with Crippen LogP contribution in [0, 0.1) is 0 Å². The zero-order valence-corrected chi connectivity index (χ0v) is 11.6. The molecule has 1 aromatic rings. The van der Waals surface area contributed by atoms with Gasteiger partial charge >= 0.3 is 0 Å². The Bertz CT molecular complexity index is 420. The second-order valence-corrected chi connectivity index (χ2v) is 6.24. The molecule has 2 heterocycles. The van der Waals surface area contributed by atoms with Gasteiger partial charge in [0.1, 0.15) is 6.04 Å². The normalized spacial score (nSPS) is 19.1. The predicted octanol–water partition coefficient (Wildman–Crippen LogP) is 1.46. The summed E-state index contributed by atoms with van der Waals surface area (Å²) >= 11 is 3.28. The minimum absolute atomic E-state index is 0.0258. The molecule has 0 aliphatic carbocycles. The highest BCUT2D eigenvalue weighted by Gasteiger charge is 2.32. The molecule has 0 bridgehead atoms. The predicted molar refractivity (Wildman–Crippen MR) is 74.4 cm³/mol. The Morgan fingerprint density at radius 1 is 1.56 bits per heavy atom. The summed E-state index contributed by atoms with van der Waals surface area (Å²) in [6, 6.07) is 3.68. The lowest BCUT2D eigenvalue weighted by molar-refractivity contribution is -0.135. The van der Waals surface area contributed by atoms with Crippen LogP contribution >= 0.6 is 23.1 Å². The molecule has 18 heavy (non-hydrogen) atoms. The Balaban J connectivity index is 1.79. The van der Waals surface area contributed by atoms with E-state index >= 15 is 0 Å². The Morgan fingerprint density at radius 3 is 3.06 bits per heavy atom. The molecule has 2 amide bonds. The largest absolute Gasteiger partial charge is 0.368 e. The summed E-state index contributed by atoms with van der Waals surface area (Å²) in [7, 11) is 0. The molecular formula is C12H16N2O2S2. The van der Waals surface area contributed by atoms with Crippen LogP contribution in [0.5, 0.6) is 0 Å². The lowest BCUT2D eigenvalue weighted by atomic mass is 10.2. The average Bonchev–Trinajstić information content (AvgIpc) is 2.99. The van der Waals surface area contributed by atoms with E-state index in [4.69, 9.17) is 5.73 Å². The highest BCUT2D eigenvalue weighted by molar-refractivity contribution is 7.99. The summed E-state index contributed by atoms with van der Waals surface area (Å²) in [6.07, 6.45) is 1.58. The third kappa shape index (κ3) is 3.26. The van der Waals surface area contributed by atoms with Gasteiger partial charge in [0, 0.05) is 17.2 Å². The highest BCUT2D eigenvalue weighted by Crippen LogP contribution is 2.21. The number of nitrogens with zero attached hydrogens (tertiary/aromatic N) is 1. The molecule has 1 aliphatic heterocycles. The molecule has 1 aliphatic rings. The zero-order chi connectivity index (χ0) is 13.0. The van der Waals surface area contributed by atoms with E-state index in [1.165, 1.54) is 4.88 Å². The van der Waals surface area contributed by atoms with Gasteiger partial charge in [-0.3, -0.25) is 9.59 Å². The number of primary amides is 1. The van der Waals surface area contributed by atoms with Gasteiger partial charge in [-0.15, -0.1) is 23.1 Å². The van der Waals surface area contributed by atoms with E-state index in [0.29, 0.717) is 18.7 Å². The molecule has 6 heteroatoms. The van der Waals surface area contributed by atoms with Crippen molar-refractivity contribution in [3.05, 3.63) is 22.4 Å². The van der Waals surface area contributed by atoms with Crippen molar-refractivity contribution < 1.29 is 9.59 Å². The number of nitrogens with two attached hydrogens (primary N) is 1. The Morgan fingerprint density at radius 2 is 2.39 bits per heavy atom. The monoisotopic (exact) mass is 284 g/mol. The van der Waals surface area contributed by atoms with Crippen LogP contribution in [0.4, 0.5) is 0 Å². The van der Waals surface area contributed by atoms with E-state index < -0.39 is 0 Å². The second kappa shape index (κ2) is 6.24. The van der Waals surface area contributed by atoms with Crippen LogP contribution in [0.25, 0.3) is 0 Å². The van der Waals surface area contributed by atoms with Crippen LogP contribution in [0.2, 0.25) is 0 Å². The van der Waals surface area contributed by atoms with E-state index in [9.17, 15) is 9.59 Å². The standard InChI is InChI=1S/C12H16N2O2S2/c13-12(16)10-4-1-5-14(10)11(15)8-17-7-9-3-2-6-18-9/h2-3,6,10H,1,4-5,7-8H2,(H2,13,16). The summed E-state index contributed by atoms with van der Waals surface area (Å²) < 4.78 is 0. The number of carbonyl (C=O) groups is 2. The summed E-state index contributed by atoms with van der Waals surface area (Å²) in [6.45, 7) is 0.659. The van der Waals surface area contributed by atoms with Crippen LogP contribution in [-0.2, 0) is 15.3 Å². The first kappa shape index (κ1) is 13.4. The number of thioether (sulfide) groups is 1. The van der Waals surface area contributed by atoms with Crippen molar-refractivity contribution in [2.45, 2.75) is 24.6 Å². The van der Waals surface area contributed by atoms with Crippen LogP contribution < -0.4 is 5.73 Å². The molecule has 0 aromatic carbocycles. The zero-order valence-electron chi connectivity index (χ0n) is 10.0. The Hall–Kier alpha value is -1.01. The fourth-order valence-corrected chi connectivity index (χ4v) is 3.83. The molecule has 1 fully saturated rings. The molecule has 0 saturated carbocycles. The lowest BCUT2D eigenvalue weighted by Gasteiger charge is -2.21. The van der Waals surface area contributed by atoms with Crippen LogP contribution in [-0.4, -0.2) is 35.1 Å². The van der Waals surface area contributed by atoms with Crippen molar-refractivity contribution in [3.8, 4) is 0 Å². The van der Waals surface area contributed by atoms with Gasteiger partial charge in [0.25, 0.3) is 0 Å². The van der Waals surface area contributed by atoms with Gasteiger partial charge in [-0.2, -0.15) is 0 Å². The number of hydrogen-bond donors (Lipinski definition) is 1. The molecule has 0 spiro atoms. The Labute approximate surface area is 115 Å². The van der Waals surface area contributed by atoms with Crippen molar-refractivity contribution in [2.24, 2.45) is 5.73 Å². The summed E-state index contributed by atoms with van der Waals surface area (Å²) in [5, 5.41) is 2.03. The SMILES string of the molecule is NC(=O)C1CCCN1C(=O)CSCc1cccs1. The first-order valence-corrected chi connectivity index (χ1v) is 7.91. The molecule has 4 nitrogen and oxygen atoms in total. The van der Waals surface area contributed by atoms with E-state index in [1.54, 1.807) is 28.0 Å². The van der Waals surface area contributed by atoms with E-state index in [-0.39, 0.29) is 17.9 Å². The maximum absolute atomic E-state index is 12.0. The number of carbonyl (C=O) groups excluding carboxylic acids is 2. The quantitative estimate of drug-likeness (QED) is 0.890. The van der Waals surface area contributed by atoms with Gasteiger partial charge in [-0.1, -0.05) is 6.07 Å². The van der Waals surface area contributed by atoms with Crippen molar-refractivity contribution >= 4 is 34.9 Å². The fourth-order valence-electron chi connectivity index (χ4n) is 2.08. The van der Waals surface area contributed by atoms with Gasteiger partial charge in [-0.05, 0) is 24.3 Å². The average molecular weight is 284 g/mol. The highest BCUT2D eigenvalue weighted by atomic mass is 32.2. The summed E-state index contributed by atoms with van der Waals surface area (Å²) in [4.78, 5) is 26.1. The second-order valence-electron chi connectivity index (χ2n) is 4.22. The molecule has 2 N–H and O–H groups in total. The first-order valence-electron chi connectivity index (χ1n) is 5.87. The van der Waals surface area contributed by atoms with Crippen LogP contribution in [0.3, 0.4) is 0 Å². The molecule has 2 rings (SSSR count). The van der Waals surface area contributed by atoms with Crippen molar-refractivity contribution in [2.75, 3.05) is 12.3 Å². The number of rotatable bonds is 5. The van der Waals surface area contributed by atoms with Gasteiger partial charge in [0.05, 0.1) is 5.75 Å². The van der Waals surface area contributed by atoms with Crippen molar-refractivity contribution in [1.82, 2.24) is 4.90 Å².